The van der Waals surface area contributed by atoms with E-state index >= 15 is 0 Å². The smallest absolute Gasteiger partial charge is 0.253 e. The van der Waals surface area contributed by atoms with Crippen molar-refractivity contribution >= 4 is 11.9 Å². The van der Waals surface area contributed by atoms with E-state index in [1.165, 1.54) is 4.68 Å². The third-order valence-electron chi connectivity index (χ3n) is 4.29. The number of hydrogen-bond donors (Lipinski definition) is 1. The molecule has 7 nitrogen and oxygen atoms in total. The van der Waals surface area contributed by atoms with Gasteiger partial charge in [-0.05, 0) is 31.0 Å². The van der Waals surface area contributed by atoms with Crippen molar-refractivity contribution in [2.75, 3.05) is 12.4 Å². The van der Waals surface area contributed by atoms with Crippen LogP contribution >= 0.6 is 0 Å². The van der Waals surface area contributed by atoms with Crippen molar-refractivity contribution in [3.8, 4) is 17.1 Å². The van der Waals surface area contributed by atoms with Crippen LogP contribution in [0.5, 0.6) is 5.75 Å². The van der Waals surface area contributed by atoms with Crippen molar-refractivity contribution in [2.45, 2.75) is 19.4 Å². The van der Waals surface area contributed by atoms with Gasteiger partial charge in [-0.1, -0.05) is 18.2 Å². The van der Waals surface area contributed by atoms with E-state index in [4.69, 9.17) is 4.74 Å². The molecule has 0 bridgehead atoms. The number of para-hydroxylation sites is 1. The average molecular weight is 349 g/mol. The molecule has 1 saturated carbocycles. The molecule has 0 amide bonds. The minimum Gasteiger partial charge on any atom is -0.496 e. The number of ether oxygens (including phenoxy) is 1. The average Bonchev–Trinajstić information content (AvgIpc) is 3.46. The Balaban J connectivity index is 1.63. The van der Waals surface area contributed by atoms with E-state index in [9.17, 15) is 4.79 Å². The number of aromatic nitrogens is 4. The third-order valence-corrected chi connectivity index (χ3v) is 4.29. The zero-order valence-corrected chi connectivity index (χ0v) is 14.4. The second-order valence-corrected chi connectivity index (χ2v) is 6.19. The van der Waals surface area contributed by atoms with Gasteiger partial charge in [0.1, 0.15) is 5.75 Å². The molecule has 0 atom stereocenters. The summed E-state index contributed by atoms with van der Waals surface area (Å²) in [4.78, 5) is 21.2. The van der Waals surface area contributed by atoms with Gasteiger partial charge < -0.3 is 10.1 Å². The van der Waals surface area contributed by atoms with Gasteiger partial charge in [0.05, 0.1) is 7.11 Å². The molecule has 3 aromatic rings. The number of carbonyl (C=O) groups excluding carboxylic acids is 1. The van der Waals surface area contributed by atoms with Crippen LogP contribution in [0.4, 0.5) is 5.95 Å². The summed E-state index contributed by atoms with van der Waals surface area (Å²) in [6.07, 6.45) is 5.20. The van der Waals surface area contributed by atoms with Crippen LogP contribution in [-0.4, -0.2) is 32.8 Å². The van der Waals surface area contributed by atoms with Gasteiger partial charge in [0.2, 0.25) is 5.95 Å². The Morgan fingerprint density at radius 3 is 2.85 bits per heavy atom. The van der Waals surface area contributed by atoms with Crippen LogP contribution in [0, 0.1) is 5.92 Å². The fourth-order valence-electron chi connectivity index (χ4n) is 2.72. The summed E-state index contributed by atoms with van der Waals surface area (Å²) in [5.41, 5.74) is 1.75. The lowest BCUT2D eigenvalue weighted by molar-refractivity contribution is 0.0872. The van der Waals surface area contributed by atoms with E-state index < -0.39 is 0 Å². The van der Waals surface area contributed by atoms with Crippen LogP contribution in [0.2, 0.25) is 0 Å². The molecular weight excluding hydrogens is 330 g/mol. The van der Waals surface area contributed by atoms with Gasteiger partial charge in [0.15, 0.2) is 5.82 Å². The van der Waals surface area contributed by atoms with Crippen molar-refractivity contribution in [3.05, 3.63) is 54.4 Å². The monoisotopic (exact) mass is 349 g/mol. The van der Waals surface area contributed by atoms with Crippen LogP contribution in [0.1, 0.15) is 23.2 Å². The first-order valence-corrected chi connectivity index (χ1v) is 8.53. The lowest BCUT2D eigenvalue weighted by atomic mass is 10.2. The molecule has 1 aromatic carbocycles. The molecule has 2 heterocycles. The number of benzene rings is 1. The van der Waals surface area contributed by atoms with Gasteiger partial charge in [0.25, 0.3) is 5.91 Å². The molecule has 1 fully saturated rings. The molecule has 132 valence electrons. The second kappa shape index (κ2) is 6.95. The molecule has 1 aliphatic rings. The number of methoxy groups -OCH3 is 1. The number of carbonyl (C=O) groups is 1. The Labute approximate surface area is 151 Å². The maximum atomic E-state index is 12.6. The van der Waals surface area contributed by atoms with Gasteiger partial charge >= 0.3 is 0 Å². The zero-order valence-electron chi connectivity index (χ0n) is 14.4. The zero-order chi connectivity index (χ0) is 17.9. The van der Waals surface area contributed by atoms with Crippen molar-refractivity contribution in [1.82, 2.24) is 19.7 Å². The van der Waals surface area contributed by atoms with Crippen LogP contribution in [0.25, 0.3) is 11.4 Å². The Kier molecular flexibility index (Phi) is 4.35. The molecule has 1 N–H and O–H groups in total. The summed E-state index contributed by atoms with van der Waals surface area (Å²) in [7, 11) is 1.64. The van der Waals surface area contributed by atoms with E-state index in [1.807, 2.05) is 36.4 Å². The molecule has 4 rings (SSSR count). The van der Waals surface area contributed by atoms with E-state index in [0.717, 1.165) is 29.7 Å². The first kappa shape index (κ1) is 16.3. The maximum absolute atomic E-state index is 12.6. The minimum atomic E-state index is -0.0184. The quantitative estimate of drug-likeness (QED) is 0.737. The summed E-state index contributed by atoms with van der Waals surface area (Å²) < 4.78 is 6.76. The number of nitrogens with one attached hydrogen (secondary N) is 1. The number of nitrogens with zero attached hydrogens (tertiary/aromatic N) is 4. The Morgan fingerprint density at radius 2 is 2.12 bits per heavy atom. The van der Waals surface area contributed by atoms with Crippen LogP contribution < -0.4 is 10.1 Å². The van der Waals surface area contributed by atoms with E-state index in [-0.39, 0.29) is 11.8 Å². The number of hydrogen-bond acceptors (Lipinski definition) is 6. The highest BCUT2D eigenvalue weighted by Crippen LogP contribution is 2.32. The van der Waals surface area contributed by atoms with Crippen molar-refractivity contribution in [1.29, 1.82) is 0 Å². The number of anilines is 1. The predicted octanol–water partition coefficient (Wildman–Crippen LogP) is 3.01. The summed E-state index contributed by atoms with van der Waals surface area (Å²) in [5.74, 6) is 1.73. The van der Waals surface area contributed by atoms with Crippen LogP contribution in [-0.2, 0) is 6.54 Å². The van der Waals surface area contributed by atoms with Gasteiger partial charge in [-0.25, -0.2) is 0 Å². The summed E-state index contributed by atoms with van der Waals surface area (Å²) in [6.45, 7) is 0.479. The molecule has 1 aliphatic carbocycles. The third kappa shape index (κ3) is 3.28. The second-order valence-electron chi connectivity index (χ2n) is 6.19. The van der Waals surface area contributed by atoms with Crippen LogP contribution in [0.3, 0.4) is 0 Å². The Bertz CT molecular complexity index is 919. The molecule has 0 spiro atoms. The van der Waals surface area contributed by atoms with Crippen molar-refractivity contribution in [3.63, 3.8) is 0 Å². The van der Waals surface area contributed by atoms with Gasteiger partial charge in [-0.2, -0.15) is 9.67 Å². The first-order valence-electron chi connectivity index (χ1n) is 8.53. The lowest BCUT2D eigenvalue weighted by Crippen LogP contribution is -2.18. The maximum Gasteiger partial charge on any atom is 0.253 e. The minimum absolute atomic E-state index is 0.0184. The molecule has 7 heteroatoms. The fourth-order valence-corrected chi connectivity index (χ4v) is 2.72. The lowest BCUT2D eigenvalue weighted by Gasteiger charge is -2.10. The topological polar surface area (TPSA) is 81.9 Å². The van der Waals surface area contributed by atoms with Gasteiger partial charge in [-0.3, -0.25) is 9.78 Å². The van der Waals surface area contributed by atoms with E-state index in [0.29, 0.717) is 18.3 Å². The SMILES string of the molecule is COc1ccccc1CNc1nc(-c2cccnc2)nn1C(=O)C1CC1. The van der Waals surface area contributed by atoms with Gasteiger partial charge in [-0.15, -0.1) is 5.10 Å². The highest BCUT2D eigenvalue weighted by atomic mass is 16.5. The highest BCUT2D eigenvalue weighted by molar-refractivity contribution is 5.85. The standard InChI is InChI=1S/C19H19N5O2/c1-26-16-7-3-2-5-14(16)12-21-19-22-17(15-6-4-10-20-11-15)23-24(19)18(25)13-8-9-13/h2-7,10-11,13H,8-9,12H2,1H3,(H,21,22,23). The molecule has 0 unspecified atom stereocenters. The van der Waals surface area contributed by atoms with Crippen molar-refractivity contribution < 1.29 is 9.53 Å². The van der Waals surface area contributed by atoms with Crippen LogP contribution in [0.15, 0.2) is 48.8 Å². The highest BCUT2D eigenvalue weighted by Gasteiger charge is 2.33. The molecule has 0 radical (unpaired) electrons. The predicted molar refractivity (Wildman–Crippen MR) is 96.9 cm³/mol. The van der Waals surface area contributed by atoms with E-state index in [1.54, 1.807) is 19.5 Å². The number of rotatable bonds is 6. The molecule has 0 aliphatic heterocycles. The summed E-state index contributed by atoms with van der Waals surface area (Å²) in [6, 6.07) is 11.4. The first-order chi connectivity index (χ1) is 12.8. The molecule has 0 saturated heterocycles. The number of pyridine rings is 1. The molecule has 26 heavy (non-hydrogen) atoms. The van der Waals surface area contributed by atoms with Crippen molar-refractivity contribution in [2.24, 2.45) is 5.92 Å². The Morgan fingerprint density at radius 1 is 1.27 bits per heavy atom. The molecule has 2 aromatic heterocycles. The summed E-state index contributed by atoms with van der Waals surface area (Å²) >= 11 is 0. The molecular formula is C19H19N5O2. The van der Waals surface area contributed by atoms with Gasteiger partial charge in [0, 0.05) is 36.0 Å². The largest absolute Gasteiger partial charge is 0.496 e. The Hall–Kier alpha value is -3.22. The summed E-state index contributed by atoms with van der Waals surface area (Å²) in [5, 5.41) is 7.64. The normalized spacial score (nSPS) is 13.4. The fraction of sp³-hybridized carbons (Fsp3) is 0.263. The van der Waals surface area contributed by atoms with E-state index in [2.05, 4.69) is 20.4 Å².